The number of quaternary nitrogens is 4. The van der Waals surface area contributed by atoms with Gasteiger partial charge < -0.3 is 31.5 Å². The summed E-state index contributed by atoms with van der Waals surface area (Å²) in [5, 5.41) is 94.0. The molecule has 0 bridgehead atoms. The normalized spacial score (nSPS) is 15.3. The topological polar surface area (TPSA) is 298 Å². The van der Waals surface area contributed by atoms with Crippen LogP contribution in [0.5, 0.6) is 0 Å². The van der Waals surface area contributed by atoms with Crippen LogP contribution in [0.2, 0.25) is 0 Å². The van der Waals surface area contributed by atoms with Gasteiger partial charge in [0.25, 0.3) is 0 Å². The molecule has 4 aromatic carbocycles. The molecule has 0 fully saturated rings. The minimum atomic E-state index is -1.43. The number of benzene rings is 4. The van der Waals surface area contributed by atoms with E-state index >= 15 is 0 Å². The van der Waals surface area contributed by atoms with E-state index in [1.165, 1.54) is 38.1 Å². The lowest BCUT2D eigenvalue weighted by atomic mass is 9.87. The Labute approximate surface area is 314 Å². The van der Waals surface area contributed by atoms with Gasteiger partial charge in [-0.2, -0.15) is 31.1 Å². The van der Waals surface area contributed by atoms with E-state index in [-0.39, 0.29) is 52.0 Å². The smallest absolute Gasteiger partial charge is 0.233 e. The molecule has 0 saturated heterocycles. The fourth-order valence-electron chi connectivity index (χ4n) is 5.39. The number of nitrogens with zero attached hydrogens (tertiary/aromatic N) is 2. The van der Waals surface area contributed by atoms with E-state index in [4.69, 9.17) is 0 Å². The van der Waals surface area contributed by atoms with Crippen molar-refractivity contribution in [2.45, 2.75) is 34.1 Å². The summed E-state index contributed by atoms with van der Waals surface area (Å²) in [6.07, 6.45) is -0.253. The summed E-state index contributed by atoms with van der Waals surface area (Å²) >= 11 is 0. The highest BCUT2D eigenvalue weighted by Crippen LogP contribution is 2.26. The second-order valence-corrected chi connectivity index (χ2v) is 12.4. The van der Waals surface area contributed by atoms with Gasteiger partial charge in [0.15, 0.2) is 22.7 Å². The molecule has 0 aliphatic heterocycles. The van der Waals surface area contributed by atoms with E-state index in [1.54, 1.807) is 62.4 Å². The number of rotatable bonds is 16. The van der Waals surface area contributed by atoms with Crippen LogP contribution in [0.1, 0.15) is 31.4 Å². The molecule has 6 unspecified atom stereocenters. The van der Waals surface area contributed by atoms with E-state index in [0.717, 1.165) is 23.3 Å². The zero-order chi connectivity index (χ0) is 40.4. The molecule has 20 heteroatoms. The average Bonchev–Trinajstić information content (AvgIpc) is 3.14. The number of para-hydroxylation sites is 2. The molecule has 2 amide bonds. The number of hydrazone groups is 2. The number of carbonyl (C=O) groups is 2. The van der Waals surface area contributed by atoms with Gasteiger partial charge in [-0.15, -0.1) is 0 Å². The number of amides is 2. The van der Waals surface area contributed by atoms with Crippen LogP contribution < -0.4 is 42.4 Å². The lowest BCUT2D eigenvalue weighted by Gasteiger charge is -2.24. The Kier molecular flexibility index (Phi) is 14.6. The summed E-state index contributed by atoms with van der Waals surface area (Å²) in [7, 11) is 0. The molecule has 4 rings (SSSR count). The number of hydrogen-bond acceptors (Lipinski definition) is 14. The van der Waals surface area contributed by atoms with Gasteiger partial charge in [0, 0.05) is 34.9 Å². The van der Waals surface area contributed by atoms with Crippen LogP contribution in [0.4, 0.5) is 45.5 Å². The second-order valence-electron chi connectivity index (χ2n) is 12.4. The van der Waals surface area contributed by atoms with Gasteiger partial charge in [-0.3, -0.25) is 20.4 Å². The quantitative estimate of drug-likeness (QED) is 0.0564. The van der Waals surface area contributed by atoms with E-state index in [1.807, 2.05) is 0 Å². The van der Waals surface area contributed by atoms with Gasteiger partial charge in [0.2, 0.25) is 11.8 Å². The molecule has 12 N–H and O–H groups in total. The monoisotopic (exact) mass is 762 g/mol. The van der Waals surface area contributed by atoms with E-state index in [2.05, 4.69) is 31.7 Å². The highest BCUT2D eigenvalue weighted by Gasteiger charge is 2.32. The van der Waals surface area contributed by atoms with Gasteiger partial charge in [0.05, 0.1) is 24.0 Å². The van der Waals surface area contributed by atoms with Gasteiger partial charge in [-0.25, -0.2) is 20.8 Å². The number of aryl methyl sites for hydroxylation is 2. The summed E-state index contributed by atoms with van der Waals surface area (Å²) in [6.45, 7) is 6.56. The second kappa shape index (κ2) is 19.0. The molecule has 0 spiro atoms. The molecule has 55 heavy (non-hydrogen) atoms. The molecular formula is C35H42N10O10. The summed E-state index contributed by atoms with van der Waals surface area (Å²) < 4.78 is 0. The SMILES string of the molecule is C/C(=N/Nc1ccc([NH+]([O-])O)cc1[NH+]([O-])O)C(CC(C(=O)Nc1ccccc1C)/C(C)=N\Nc1ccc([NH+]([O-])O)cc1[NH+]([O-])O)C(=O)Nc1ccccc1C. The molecule has 0 radical (unpaired) electrons. The maximum atomic E-state index is 14.1. The molecule has 0 aromatic heterocycles. The van der Waals surface area contributed by atoms with Crippen molar-refractivity contribution in [1.29, 1.82) is 0 Å². The van der Waals surface area contributed by atoms with Crippen molar-refractivity contribution in [1.82, 2.24) is 0 Å². The summed E-state index contributed by atoms with van der Waals surface area (Å²) in [6, 6.07) is 20.7. The van der Waals surface area contributed by atoms with Crippen molar-refractivity contribution in [3.8, 4) is 0 Å². The van der Waals surface area contributed by atoms with Gasteiger partial charge >= 0.3 is 0 Å². The Balaban J connectivity index is 1.77. The summed E-state index contributed by atoms with van der Waals surface area (Å²) in [4.78, 5) is 28.2. The van der Waals surface area contributed by atoms with Gasteiger partial charge in [-0.1, -0.05) is 36.4 Å². The predicted octanol–water partition coefficient (Wildman–Crippen LogP) is 1.09. The molecule has 4 aromatic rings. The third kappa shape index (κ3) is 11.2. The van der Waals surface area contributed by atoms with E-state index in [0.29, 0.717) is 11.4 Å². The molecule has 0 aliphatic carbocycles. The van der Waals surface area contributed by atoms with Crippen molar-refractivity contribution >= 4 is 68.7 Å². The third-order valence-electron chi connectivity index (χ3n) is 8.62. The standard InChI is InChI=1S/C35H42N10O10/c1-20-9-5-7-11-28(20)36-34(46)26(22(3)38-40-30-15-13-24(42(48)49)17-32(30)44(52)53)19-27(35(47)37-29-12-8-6-10-21(29)2)23(4)39-41-31-16-14-25(43(50)51)18-33(31)45(54)55/h5-18,26-27,40-45,48,50,52,54H,19H2,1-4H3,(H,36,46)(H,37,47)/b38-22-,39-23-. The van der Waals surface area contributed by atoms with Gasteiger partial charge in [-0.05, 0) is 69.5 Å². The summed E-state index contributed by atoms with van der Waals surface area (Å²) in [5.74, 6) is -3.52. The molecule has 292 valence electrons. The van der Waals surface area contributed by atoms with Crippen molar-refractivity contribution in [2.75, 3.05) is 21.5 Å². The Morgan fingerprint density at radius 3 is 1.27 bits per heavy atom. The Hall–Kier alpha value is -5.72. The number of hydrogen-bond donors (Lipinski definition) is 12. The predicted molar refractivity (Wildman–Crippen MR) is 201 cm³/mol. The van der Waals surface area contributed by atoms with Crippen LogP contribution in [0.3, 0.4) is 0 Å². The first kappa shape index (κ1) is 42.0. The molecule has 6 atom stereocenters. The molecule has 0 aliphatic rings. The molecular weight excluding hydrogens is 720 g/mol. The molecule has 0 saturated carbocycles. The first-order valence-corrected chi connectivity index (χ1v) is 16.6. The van der Waals surface area contributed by atoms with Crippen LogP contribution in [0.15, 0.2) is 95.1 Å². The zero-order valence-corrected chi connectivity index (χ0v) is 30.1. The van der Waals surface area contributed by atoms with Gasteiger partial charge in [0.1, 0.15) is 11.4 Å². The first-order chi connectivity index (χ1) is 26.1. The van der Waals surface area contributed by atoms with E-state index < -0.39 is 44.6 Å². The van der Waals surface area contributed by atoms with Crippen LogP contribution in [0, 0.1) is 46.5 Å². The van der Waals surface area contributed by atoms with Crippen LogP contribution in [0.25, 0.3) is 0 Å². The fourth-order valence-corrected chi connectivity index (χ4v) is 5.39. The van der Waals surface area contributed by atoms with Crippen molar-refractivity contribution in [3.05, 3.63) is 117 Å². The number of nitrogens with one attached hydrogen (secondary N) is 8. The fraction of sp³-hybridized carbons (Fsp3) is 0.200. The van der Waals surface area contributed by atoms with Crippen molar-refractivity contribution in [3.63, 3.8) is 0 Å². The molecule has 0 heterocycles. The largest absolute Gasteiger partial charge is 0.595 e. The Morgan fingerprint density at radius 2 is 0.945 bits per heavy atom. The first-order valence-electron chi connectivity index (χ1n) is 16.6. The Bertz CT molecular complexity index is 1900. The third-order valence-corrected chi connectivity index (χ3v) is 8.62. The maximum absolute atomic E-state index is 14.1. The molecule has 20 nitrogen and oxygen atoms in total. The zero-order valence-electron chi connectivity index (χ0n) is 30.1. The van der Waals surface area contributed by atoms with Crippen LogP contribution in [-0.2, 0) is 9.59 Å². The maximum Gasteiger partial charge on any atom is 0.233 e. The van der Waals surface area contributed by atoms with Crippen molar-refractivity contribution in [2.24, 2.45) is 22.0 Å². The van der Waals surface area contributed by atoms with Crippen molar-refractivity contribution < 1.29 is 51.3 Å². The minimum absolute atomic E-state index is 0.0612. The summed E-state index contributed by atoms with van der Waals surface area (Å²) in [5.41, 5.74) is 6.47. The number of carbonyl (C=O) groups excluding carboxylic acids is 2. The van der Waals surface area contributed by atoms with Crippen LogP contribution in [-0.4, -0.2) is 44.1 Å². The highest BCUT2D eigenvalue weighted by molar-refractivity contribution is 6.12. The average molecular weight is 763 g/mol. The van der Waals surface area contributed by atoms with Crippen LogP contribution >= 0.6 is 0 Å². The minimum Gasteiger partial charge on any atom is -0.595 e. The highest BCUT2D eigenvalue weighted by atomic mass is 16.8. The lowest BCUT2D eigenvalue weighted by molar-refractivity contribution is -0.996. The Morgan fingerprint density at radius 1 is 0.582 bits per heavy atom. The van der Waals surface area contributed by atoms with E-state index in [9.17, 15) is 51.2 Å². The number of anilines is 4. The lowest BCUT2D eigenvalue weighted by Crippen LogP contribution is -3.00.